The van der Waals surface area contributed by atoms with Gasteiger partial charge in [-0.3, -0.25) is 5.21 Å². The largest absolute Gasteiger partial charge is 0.403 e. The van der Waals surface area contributed by atoms with Crippen LogP contribution in [0.25, 0.3) is 0 Å². The first-order valence-electron chi connectivity index (χ1n) is 4.72. The van der Waals surface area contributed by atoms with Crippen molar-refractivity contribution in [2.75, 3.05) is 23.9 Å². The lowest BCUT2D eigenvalue weighted by Crippen LogP contribution is -2.43. The molecule has 0 saturated carbocycles. The molecule has 0 saturated heterocycles. The van der Waals surface area contributed by atoms with E-state index in [0.717, 1.165) is 5.06 Å². The number of rotatable bonds is 4. The monoisotopic (exact) mass is 231 g/mol. The Labute approximate surface area is 91.9 Å². The van der Waals surface area contributed by atoms with Crippen molar-refractivity contribution >= 4 is 17.8 Å². The summed E-state index contributed by atoms with van der Waals surface area (Å²) >= 11 is 0. The average Bonchev–Trinajstić information content (AvgIpc) is 2.27. The van der Waals surface area contributed by atoms with E-state index in [0.29, 0.717) is 0 Å². The predicted molar refractivity (Wildman–Crippen MR) is 55.0 cm³/mol. The van der Waals surface area contributed by atoms with E-state index in [1.807, 2.05) is 0 Å². The third-order valence-corrected chi connectivity index (χ3v) is 1.92. The molecule has 0 spiro atoms. The minimum absolute atomic E-state index is 0.0690. The molecule has 0 aliphatic carbocycles. The summed E-state index contributed by atoms with van der Waals surface area (Å²) in [5, 5.41) is 29.1. The maximum atomic E-state index is 9.48. The van der Waals surface area contributed by atoms with Crippen molar-refractivity contribution in [2.45, 2.75) is 13.8 Å². The summed E-state index contributed by atoms with van der Waals surface area (Å²) in [5.74, 6) is -0.687. The van der Waals surface area contributed by atoms with Crippen LogP contribution in [-0.4, -0.2) is 43.7 Å². The quantitative estimate of drug-likeness (QED) is 0.413. The number of hydrogen-bond acceptors (Lipinski definition) is 8. The molecule has 0 unspecified atom stereocenters. The van der Waals surface area contributed by atoms with E-state index >= 15 is 0 Å². The molecular weight excluding hydrogens is 216 g/mol. The molecule has 1 rings (SSSR count). The van der Waals surface area contributed by atoms with E-state index in [-0.39, 0.29) is 30.9 Å². The van der Waals surface area contributed by atoms with Crippen molar-refractivity contribution in [3.63, 3.8) is 0 Å². The second-order valence-corrected chi connectivity index (χ2v) is 3.06. The lowest BCUT2D eigenvalue weighted by atomic mass is 10.6. The van der Waals surface area contributed by atoms with Gasteiger partial charge >= 0.3 is 5.95 Å². The van der Waals surface area contributed by atoms with Gasteiger partial charge in [0.2, 0.25) is 5.95 Å². The van der Waals surface area contributed by atoms with E-state index in [1.165, 1.54) is 6.92 Å². The highest BCUT2D eigenvalue weighted by Gasteiger charge is 2.30. The lowest BCUT2D eigenvalue weighted by Gasteiger charge is -2.18. The van der Waals surface area contributed by atoms with Crippen LogP contribution in [0.1, 0.15) is 13.8 Å². The second-order valence-electron chi connectivity index (χ2n) is 3.06. The third kappa shape index (κ3) is 2.52. The van der Waals surface area contributed by atoms with Crippen LogP contribution >= 0.6 is 0 Å². The number of aromatic nitrogens is 3. The number of hydrogen-bond donors (Lipinski definition) is 4. The second kappa shape index (κ2) is 4.53. The highest BCUT2D eigenvalue weighted by atomic mass is 16.8. The van der Waals surface area contributed by atoms with E-state index in [2.05, 4.69) is 15.0 Å². The summed E-state index contributed by atoms with van der Waals surface area (Å²) in [7, 11) is 0. The summed E-state index contributed by atoms with van der Waals surface area (Å²) < 4.78 is 0. The van der Waals surface area contributed by atoms with Crippen LogP contribution in [-0.2, 0) is 0 Å². The van der Waals surface area contributed by atoms with Gasteiger partial charge in [0.15, 0.2) is 0 Å². The molecule has 0 aliphatic rings. The maximum absolute atomic E-state index is 9.48. The van der Waals surface area contributed by atoms with Gasteiger partial charge in [0, 0.05) is 11.4 Å². The van der Waals surface area contributed by atoms with Gasteiger partial charge in [0.05, 0.1) is 0 Å². The Morgan fingerprint density at radius 3 is 2.38 bits per heavy atom. The number of hydroxylamine groups is 3. The molecule has 1 heterocycles. The number of nitrogens with two attached hydrogens (primary N) is 1. The molecule has 0 radical (unpaired) electrons. The third-order valence-electron chi connectivity index (χ3n) is 1.92. The van der Waals surface area contributed by atoms with Gasteiger partial charge in [-0.25, -0.2) is 5.06 Å². The van der Waals surface area contributed by atoms with Gasteiger partial charge in [-0.05, 0) is 13.8 Å². The summed E-state index contributed by atoms with van der Waals surface area (Å²) in [6, 6.07) is 0. The first-order valence-corrected chi connectivity index (χ1v) is 4.72. The molecule has 0 amide bonds. The van der Waals surface area contributed by atoms with Crippen LogP contribution in [0.5, 0.6) is 0 Å². The van der Waals surface area contributed by atoms with Crippen molar-refractivity contribution in [1.82, 2.24) is 19.8 Å². The fourth-order valence-corrected chi connectivity index (χ4v) is 0.928. The zero-order valence-electron chi connectivity index (χ0n) is 9.07. The highest BCUT2D eigenvalue weighted by Crippen LogP contribution is 2.16. The fraction of sp³-hybridized carbons (Fsp3) is 0.571. The Morgan fingerprint density at radius 2 is 1.88 bits per heavy atom. The maximum Gasteiger partial charge on any atom is 0.403 e. The Bertz CT molecular complexity index is 371. The van der Waals surface area contributed by atoms with Crippen molar-refractivity contribution in [3.8, 4) is 0 Å². The molecule has 16 heavy (non-hydrogen) atoms. The molecule has 1 aromatic rings. The molecule has 90 valence electrons. The van der Waals surface area contributed by atoms with Gasteiger partial charge in [-0.1, -0.05) is 0 Å². The molecule has 5 N–H and O–H groups in total. The van der Waals surface area contributed by atoms with E-state index in [9.17, 15) is 15.6 Å². The topological polar surface area (TPSA) is 129 Å². The van der Waals surface area contributed by atoms with E-state index < -0.39 is 4.81 Å². The van der Waals surface area contributed by atoms with Crippen LogP contribution in [0.15, 0.2) is 0 Å². The molecule has 9 nitrogen and oxygen atoms in total. The normalized spacial score (nSPS) is 11.6. The zero-order valence-corrected chi connectivity index (χ0v) is 9.07. The minimum atomic E-state index is -1.52. The Morgan fingerprint density at radius 1 is 1.25 bits per heavy atom. The number of nitrogens with zero attached hydrogens (tertiary/aromatic N) is 5. The molecule has 0 bridgehead atoms. The smallest absolute Gasteiger partial charge is 0.367 e. The summed E-state index contributed by atoms with van der Waals surface area (Å²) in [6.45, 7) is 3.35. The first kappa shape index (κ1) is 12.5. The molecule has 9 heteroatoms. The van der Waals surface area contributed by atoms with Crippen LogP contribution in [0.4, 0.5) is 17.8 Å². The van der Waals surface area contributed by atoms with Crippen molar-refractivity contribution in [3.05, 3.63) is 0 Å². The van der Waals surface area contributed by atoms with Gasteiger partial charge in [-0.15, -0.1) is 9.97 Å². The molecule has 0 atom stereocenters. The van der Waals surface area contributed by atoms with E-state index in [1.54, 1.807) is 6.92 Å². The molecule has 0 aliphatic heterocycles. The van der Waals surface area contributed by atoms with Gasteiger partial charge in [0.25, 0.3) is 5.95 Å². The highest BCUT2D eigenvalue weighted by molar-refractivity contribution is 5.37. The summed E-state index contributed by atoms with van der Waals surface area (Å²) in [5.41, 5.74) is 5.37. The Hall–Kier alpha value is -1.55. The first-order chi connectivity index (χ1) is 7.40. The molecule has 1 aromatic heterocycles. The number of quaternary nitrogens is 1. The zero-order chi connectivity index (χ0) is 12.3. The SMILES string of the molecule is CCN(O)c1nc(N)nc([N+](O)(O)CC)n1. The summed E-state index contributed by atoms with van der Waals surface area (Å²) in [6.07, 6.45) is 0. The van der Waals surface area contributed by atoms with Crippen molar-refractivity contribution in [2.24, 2.45) is 0 Å². The standard InChI is InChI=1S/C7H15N6O3/c1-3-12(14)6-9-5(8)10-7(11-6)13(15,16)4-2/h14-16H,3-4H2,1-2H3,(H2,8,9,10,11)/q+1. The molecule has 0 aromatic carbocycles. The van der Waals surface area contributed by atoms with Crippen LogP contribution < -0.4 is 15.6 Å². The predicted octanol–water partition coefficient (Wildman–Crippen LogP) is -0.225. The van der Waals surface area contributed by atoms with Crippen molar-refractivity contribution < 1.29 is 15.6 Å². The van der Waals surface area contributed by atoms with Gasteiger partial charge in [-0.2, -0.15) is 15.4 Å². The number of anilines is 2. The van der Waals surface area contributed by atoms with Crippen molar-refractivity contribution in [1.29, 1.82) is 0 Å². The number of nitrogen functional groups attached to an aromatic ring is 1. The minimum Gasteiger partial charge on any atom is -0.367 e. The van der Waals surface area contributed by atoms with Crippen LogP contribution in [0.2, 0.25) is 0 Å². The Kier molecular flexibility index (Phi) is 3.55. The Balaban J connectivity index is 3.17. The van der Waals surface area contributed by atoms with Crippen LogP contribution in [0.3, 0.4) is 0 Å². The average molecular weight is 231 g/mol. The van der Waals surface area contributed by atoms with Gasteiger partial charge < -0.3 is 5.73 Å². The van der Waals surface area contributed by atoms with E-state index in [4.69, 9.17) is 5.73 Å². The van der Waals surface area contributed by atoms with Crippen LogP contribution in [0, 0.1) is 0 Å². The molecule has 0 fully saturated rings. The molecular formula is C7H15N6O3+. The summed E-state index contributed by atoms with van der Waals surface area (Å²) in [4.78, 5) is 9.41. The fourth-order valence-electron chi connectivity index (χ4n) is 0.928. The lowest BCUT2D eigenvalue weighted by molar-refractivity contribution is -0.292. The van der Waals surface area contributed by atoms with Gasteiger partial charge in [0.1, 0.15) is 6.54 Å².